The Kier molecular flexibility index (Phi) is 4.08. The van der Waals surface area contributed by atoms with Crippen molar-refractivity contribution in [1.29, 1.82) is 0 Å². The Morgan fingerprint density at radius 3 is 2.91 bits per heavy atom. The van der Waals surface area contributed by atoms with E-state index in [1.165, 1.54) is 6.33 Å². The molecule has 0 saturated carbocycles. The lowest BCUT2D eigenvalue weighted by Gasteiger charge is -2.28. The molecule has 2 heterocycles. The van der Waals surface area contributed by atoms with Gasteiger partial charge in [-0.05, 0) is 12.1 Å². The number of aromatic nitrogens is 4. The van der Waals surface area contributed by atoms with Crippen LogP contribution in [0.3, 0.4) is 0 Å². The fourth-order valence-electron chi connectivity index (χ4n) is 2.30. The second-order valence-electron chi connectivity index (χ2n) is 5.27. The summed E-state index contributed by atoms with van der Waals surface area (Å²) in [5.41, 5.74) is 2.22. The highest BCUT2D eigenvalue weighted by atomic mass is 16.7. The molecule has 0 radical (unpaired) electrons. The second-order valence-corrected chi connectivity index (χ2v) is 5.27. The average Bonchev–Trinajstić information content (AvgIpc) is 2.99. The Labute approximate surface area is 134 Å². The molecule has 0 aliphatic rings. The van der Waals surface area contributed by atoms with Gasteiger partial charge in [0.25, 0.3) is 0 Å². The molecule has 3 aromatic rings. The van der Waals surface area contributed by atoms with Crippen LogP contribution in [0.25, 0.3) is 22.6 Å². The van der Waals surface area contributed by atoms with Crippen molar-refractivity contribution in [3.8, 4) is 17.1 Å². The lowest BCUT2D eigenvalue weighted by atomic mass is 10.1. The first-order chi connectivity index (χ1) is 11.1. The van der Waals surface area contributed by atoms with Gasteiger partial charge in [-0.3, -0.25) is 0 Å². The van der Waals surface area contributed by atoms with E-state index < -0.39 is 5.79 Å². The SMILES string of the molecule is C=CCC(C)(OC)Oc1ccccc1-c1nc2ncncc2[nH]1. The van der Waals surface area contributed by atoms with E-state index >= 15 is 0 Å². The van der Waals surface area contributed by atoms with Crippen LogP contribution in [-0.4, -0.2) is 32.8 Å². The van der Waals surface area contributed by atoms with Crippen molar-refractivity contribution >= 4 is 11.2 Å². The molecule has 6 nitrogen and oxygen atoms in total. The van der Waals surface area contributed by atoms with Gasteiger partial charge in [0.15, 0.2) is 5.65 Å². The first-order valence-electron chi connectivity index (χ1n) is 7.25. The molecule has 3 rings (SSSR count). The van der Waals surface area contributed by atoms with Crippen molar-refractivity contribution < 1.29 is 9.47 Å². The van der Waals surface area contributed by atoms with Gasteiger partial charge in [-0.2, -0.15) is 0 Å². The summed E-state index contributed by atoms with van der Waals surface area (Å²) in [6.45, 7) is 5.62. The number of imidazole rings is 1. The molecule has 1 atom stereocenters. The zero-order valence-corrected chi connectivity index (χ0v) is 13.1. The van der Waals surface area contributed by atoms with Gasteiger partial charge in [-0.1, -0.05) is 18.2 Å². The number of fused-ring (bicyclic) bond motifs is 1. The molecule has 0 spiro atoms. The van der Waals surface area contributed by atoms with Gasteiger partial charge < -0.3 is 14.5 Å². The highest BCUT2D eigenvalue weighted by Gasteiger charge is 2.26. The van der Waals surface area contributed by atoms with Gasteiger partial charge in [-0.15, -0.1) is 6.58 Å². The minimum atomic E-state index is -0.788. The van der Waals surface area contributed by atoms with Crippen LogP contribution in [0.5, 0.6) is 5.75 Å². The summed E-state index contributed by atoms with van der Waals surface area (Å²) < 4.78 is 11.6. The number of rotatable bonds is 6. The number of benzene rings is 1. The van der Waals surface area contributed by atoms with E-state index in [0.717, 1.165) is 11.1 Å². The van der Waals surface area contributed by atoms with Gasteiger partial charge in [0.1, 0.15) is 23.4 Å². The summed E-state index contributed by atoms with van der Waals surface area (Å²) in [6, 6.07) is 7.66. The van der Waals surface area contributed by atoms with Crippen molar-refractivity contribution in [1.82, 2.24) is 19.9 Å². The Morgan fingerprint density at radius 1 is 1.35 bits per heavy atom. The quantitative estimate of drug-likeness (QED) is 0.558. The molecule has 118 valence electrons. The van der Waals surface area contributed by atoms with E-state index in [-0.39, 0.29) is 0 Å². The third kappa shape index (κ3) is 3.07. The van der Waals surface area contributed by atoms with Gasteiger partial charge in [0.2, 0.25) is 5.79 Å². The largest absolute Gasteiger partial charge is 0.462 e. The molecular formula is C17H18N4O2. The maximum Gasteiger partial charge on any atom is 0.210 e. The zero-order valence-electron chi connectivity index (χ0n) is 13.1. The van der Waals surface area contributed by atoms with Crippen LogP contribution in [0.4, 0.5) is 0 Å². The second kappa shape index (κ2) is 6.18. The van der Waals surface area contributed by atoms with Crippen molar-refractivity contribution in [3.63, 3.8) is 0 Å². The molecule has 0 aliphatic carbocycles. The van der Waals surface area contributed by atoms with Crippen LogP contribution in [0, 0.1) is 0 Å². The molecule has 0 aliphatic heterocycles. The first kappa shape index (κ1) is 15.2. The summed E-state index contributed by atoms with van der Waals surface area (Å²) in [5.74, 6) is 0.558. The monoisotopic (exact) mass is 310 g/mol. The average molecular weight is 310 g/mol. The number of ether oxygens (including phenoxy) is 2. The molecule has 6 heteroatoms. The van der Waals surface area contributed by atoms with E-state index in [9.17, 15) is 0 Å². The van der Waals surface area contributed by atoms with Crippen molar-refractivity contribution in [3.05, 3.63) is 49.4 Å². The maximum absolute atomic E-state index is 6.08. The minimum Gasteiger partial charge on any atom is -0.462 e. The molecule has 2 aromatic heterocycles. The normalized spacial score (nSPS) is 13.7. The Balaban J connectivity index is 2.02. The van der Waals surface area contributed by atoms with Gasteiger partial charge in [0.05, 0.1) is 11.8 Å². The van der Waals surface area contributed by atoms with Crippen LogP contribution in [0.15, 0.2) is 49.4 Å². The lowest BCUT2D eigenvalue weighted by Crippen LogP contribution is -2.34. The molecule has 0 bridgehead atoms. The number of hydrogen-bond acceptors (Lipinski definition) is 5. The molecule has 23 heavy (non-hydrogen) atoms. The van der Waals surface area contributed by atoms with Crippen molar-refractivity contribution in [2.75, 3.05) is 7.11 Å². The maximum atomic E-state index is 6.08. The minimum absolute atomic E-state index is 0.559. The van der Waals surface area contributed by atoms with Gasteiger partial charge in [0, 0.05) is 20.5 Å². The molecule has 0 fully saturated rings. The van der Waals surface area contributed by atoms with Gasteiger partial charge >= 0.3 is 0 Å². The van der Waals surface area contributed by atoms with Crippen molar-refractivity contribution in [2.24, 2.45) is 0 Å². The van der Waals surface area contributed by atoms with Gasteiger partial charge in [-0.25, -0.2) is 15.0 Å². The third-order valence-electron chi connectivity index (χ3n) is 3.58. The highest BCUT2D eigenvalue weighted by molar-refractivity contribution is 5.76. The number of nitrogens with one attached hydrogen (secondary N) is 1. The predicted molar refractivity (Wildman–Crippen MR) is 88.0 cm³/mol. The summed E-state index contributed by atoms with van der Waals surface area (Å²) in [4.78, 5) is 15.8. The Morgan fingerprint density at radius 2 is 2.17 bits per heavy atom. The zero-order chi connectivity index (χ0) is 16.3. The van der Waals surface area contributed by atoms with E-state index in [1.54, 1.807) is 19.4 Å². The number of methoxy groups -OCH3 is 1. The summed E-state index contributed by atoms with van der Waals surface area (Å²) in [5, 5.41) is 0. The summed E-state index contributed by atoms with van der Waals surface area (Å²) >= 11 is 0. The Bertz CT molecular complexity index is 797. The number of hydrogen-bond donors (Lipinski definition) is 1. The predicted octanol–water partition coefficient (Wildman–Crippen LogP) is 3.34. The molecular weight excluding hydrogens is 292 g/mol. The van der Waals surface area contributed by atoms with Crippen LogP contribution in [-0.2, 0) is 4.74 Å². The summed E-state index contributed by atoms with van der Waals surface area (Å²) in [6.07, 6.45) is 5.49. The number of nitrogens with zero attached hydrogens (tertiary/aromatic N) is 3. The lowest BCUT2D eigenvalue weighted by molar-refractivity contribution is -0.146. The van der Waals surface area contributed by atoms with E-state index in [0.29, 0.717) is 23.6 Å². The fourth-order valence-corrected chi connectivity index (χ4v) is 2.30. The Hall–Kier alpha value is -2.73. The van der Waals surface area contributed by atoms with Crippen LogP contribution in [0.2, 0.25) is 0 Å². The number of H-pyrrole nitrogens is 1. The highest BCUT2D eigenvalue weighted by Crippen LogP contribution is 2.32. The molecule has 1 unspecified atom stereocenters. The first-order valence-corrected chi connectivity index (χ1v) is 7.25. The molecule has 0 saturated heterocycles. The van der Waals surface area contributed by atoms with Crippen LogP contribution >= 0.6 is 0 Å². The molecule has 1 N–H and O–H groups in total. The van der Waals surface area contributed by atoms with E-state index in [1.807, 2.05) is 31.2 Å². The number of para-hydroxylation sites is 1. The van der Waals surface area contributed by atoms with E-state index in [4.69, 9.17) is 9.47 Å². The van der Waals surface area contributed by atoms with Crippen molar-refractivity contribution in [2.45, 2.75) is 19.1 Å². The third-order valence-corrected chi connectivity index (χ3v) is 3.58. The van der Waals surface area contributed by atoms with Crippen LogP contribution in [0.1, 0.15) is 13.3 Å². The molecule has 1 aromatic carbocycles. The van der Waals surface area contributed by atoms with E-state index in [2.05, 4.69) is 26.5 Å². The standard InChI is InChI=1S/C17H18N4O2/c1-4-9-17(2,22-3)23-14-8-6-5-7-12(14)15-20-13-10-18-11-19-16(13)21-15/h4-8,10-11H,1,9H2,2-3H3,(H,18,19,20,21). The number of aromatic amines is 1. The fraction of sp³-hybridized carbons (Fsp3) is 0.235. The smallest absolute Gasteiger partial charge is 0.210 e. The van der Waals surface area contributed by atoms with Crippen LogP contribution < -0.4 is 4.74 Å². The molecule has 0 amide bonds. The topological polar surface area (TPSA) is 72.9 Å². The summed E-state index contributed by atoms with van der Waals surface area (Å²) in [7, 11) is 1.61.